The van der Waals surface area contributed by atoms with E-state index in [2.05, 4.69) is 16.0 Å². The van der Waals surface area contributed by atoms with Crippen LogP contribution in [0.1, 0.15) is 55.5 Å². The Kier molecular flexibility index (Phi) is 3.63. The lowest BCUT2D eigenvalue weighted by molar-refractivity contribution is 0.652. The van der Waals surface area contributed by atoms with Gasteiger partial charge < -0.3 is 4.90 Å². The van der Waals surface area contributed by atoms with Gasteiger partial charge >= 0.3 is 0 Å². The molecule has 100 valence electrons. The smallest absolute Gasteiger partial charge is 0.226 e. The average molecular weight is 256 g/mol. The Balaban J connectivity index is 1.95. The molecule has 0 saturated carbocycles. The van der Waals surface area contributed by atoms with Gasteiger partial charge in [0.25, 0.3) is 0 Å². The monoisotopic (exact) mass is 256 g/mol. The molecule has 1 fully saturated rings. The molecule has 1 aromatic heterocycles. The highest BCUT2D eigenvalue weighted by Crippen LogP contribution is 2.25. The molecule has 0 aromatic carbocycles. The summed E-state index contributed by atoms with van der Waals surface area (Å²) in [7, 11) is 0. The zero-order valence-corrected chi connectivity index (χ0v) is 11.4. The number of hydrogen-bond donors (Lipinski definition) is 0. The summed E-state index contributed by atoms with van der Waals surface area (Å²) in [4.78, 5) is 11.5. The maximum atomic E-state index is 9.31. The number of nitriles is 1. The molecule has 1 aliphatic heterocycles. The third-order valence-corrected chi connectivity index (χ3v) is 4.17. The van der Waals surface area contributed by atoms with Crippen LogP contribution in [0.2, 0.25) is 0 Å². The summed E-state index contributed by atoms with van der Waals surface area (Å²) in [5, 5.41) is 9.31. The van der Waals surface area contributed by atoms with Gasteiger partial charge in [-0.3, -0.25) is 0 Å². The largest absolute Gasteiger partial charge is 0.341 e. The van der Waals surface area contributed by atoms with Crippen molar-refractivity contribution in [2.45, 2.75) is 51.4 Å². The quantitative estimate of drug-likeness (QED) is 0.775. The van der Waals surface area contributed by atoms with Crippen molar-refractivity contribution in [1.29, 1.82) is 5.26 Å². The van der Waals surface area contributed by atoms with E-state index in [0.717, 1.165) is 49.6 Å². The van der Waals surface area contributed by atoms with Crippen LogP contribution in [0, 0.1) is 11.3 Å². The van der Waals surface area contributed by atoms with Crippen LogP contribution in [0.3, 0.4) is 0 Å². The second kappa shape index (κ2) is 5.56. The zero-order chi connectivity index (χ0) is 13.1. The van der Waals surface area contributed by atoms with Crippen molar-refractivity contribution in [3.8, 4) is 6.07 Å². The van der Waals surface area contributed by atoms with Crippen molar-refractivity contribution < 1.29 is 0 Å². The molecule has 0 amide bonds. The second-order valence-electron chi connectivity index (χ2n) is 5.52. The van der Waals surface area contributed by atoms with Gasteiger partial charge in [0.1, 0.15) is 11.8 Å². The summed E-state index contributed by atoms with van der Waals surface area (Å²) in [6, 6.07) is 2.27. The number of fused-ring (bicyclic) bond motifs is 1. The molecule has 4 nitrogen and oxygen atoms in total. The first-order valence-corrected chi connectivity index (χ1v) is 7.43. The number of aromatic nitrogens is 2. The molecule has 0 unspecified atom stereocenters. The van der Waals surface area contributed by atoms with E-state index >= 15 is 0 Å². The number of hydrogen-bond acceptors (Lipinski definition) is 4. The van der Waals surface area contributed by atoms with Crippen LogP contribution >= 0.6 is 0 Å². The molecule has 2 aliphatic rings. The van der Waals surface area contributed by atoms with E-state index in [1.165, 1.54) is 32.1 Å². The first-order chi connectivity index (χ1) is 9.38. The molecule has 1 aliphatic carbocycles. The molecular formula is C15H20N4. The highest BCUT2D eigenvalue weighted by atomic mass is 15.2. The van der Waals surface area contributed by atoms with Crippen molar-refractivity contribution in [3.63, 3.8) is 0 Å². The van der Waals surface area contributed by atoms with Crippen molar-refractivity contribution in [2.75, 3.05) is 18.0 Å². The normalized spacial score (nSPS) is 19.4. The Hall–Kier alpha value is -1.63. The van der Waals surface area contributed by atoms with Crippen molar-refractivity contribution in [1.82, 2.24) is 9.97 Å². The Morgan fingerprint density at radius 3 is 2.37 bits per heavy atom. The minimum absolute atomic E-state index is 0.615. The van der Waals surface area contributed by atoms with E-state index in [9.17, 15) is 5.26 Å². The highest BCUT2D eigenvalue weighted by Gasteiger charge is 2.20. The van der Waals surface area contributed by atoms with E-state index < -0.39 is 0 Å². The highest BCUT2D eigenvalue weighted by molar-refractivity contribution is 5.43. The molecule has 0 bridgehead atoms. The summed E-state index contributed by atoms with van der Waals surface area (Å²) in [6.45, 7) is 2.06. The fourth-order valence-electron chi connectivity index (χ4n) is 3.09. The fourth-order valence-corrected chi connectivity index (χ4v) is 3.09. The summed E-state index contributed by atoms with van der Waals surface area (Å²) < 4.78 is 0. The first-order valence-electron chi connectivity index (χ1n) is 7.43. The van der Waals surface area contributed by atoms with Crippen LogP contribution in [0.15, 0.2) is 0 Å². The third-order valence-electron chi connectivity index (χ3n) is 4.17. The molecule has 0 atom stereocenters. The molecule has 1 saturated heterocycles. The number of nitrogens with zero attached hydrogens (tertiary/aromatic N) is 4. The van der Waals surface area contributed by atoms with Crippen LogP contribution < -0.4 is 4.90 Å². The average Bonchev–Trinajstić information content (AvgIpc) is 2.75. The van der Waals surface area contributed by atoms with Gasteiger partial charge in [-0.05, 0) is 38.5 Å². The lowest BCUT2D eigenvalue weighted by Crippen LogP contribution is -2.27. The number of aryl methyl sites for hydroxylation is 1. The van der Waals surface area contributed by atoms with E-state index in [1.54, 1.807) is 0 Å². The van der Waals surface area contributed by atoms with E-state index in [0.29, 0.717) is 5.69 Å². The van der Waals surface area contributed by atoms with E-state index in [1.807, 2.05) is 0 Å². The Morgan fingerprint density at radius 1 is 0.895 bits per heavy atom. The molecule has 19 heavy (non-hydrogen) atoms. The Morgan fingerprint density at radius 2 is 1.63 bits per heavy atom. The van der Waals surface area contributed by atoms with E-state index in [4.69, 9.17) is 4.98 Å². The predicted octanol–water partition coefficient (Wildman–Crippen LogP) is 2.61. The molecule has 0 N–H and O–H groups in total. The van der Waals surface area contributed by atoms with Gasteiger partial charge in [0, 0.05) is 18.7 Å². The van der Waals surface area contributed by atoms with Crippen molar-refractivity contribution in [2.24, 2.45) is 0 Å². The van der Waals surface area contributed by atoms with E-state index in [-0.39, 0.29) is 0 Å². The van der Waals surface area contributed by atoms with Crippen LogP contribution in [-0.2, 0) is 12.8 Å². The summed E-state index contributed by atoms with van der Waals surface area (Å²) >= 11 is 0. The predicted molar refractivity (Wildman–Crippen MR) is 74.1 cm³/mol. The van der Waals surface area contributed by atoms with Gasteiger partial charge in [0.2, 0.25) is 5.95 Å². The molecule has 1 aromatic rings. The lowest BCUT2D eigenvalue weighted by atomic mass is 9.95. The molecule has 0 radical (unpaired) electrons. The molecule has 3 rings (SSSR count). The standard InChI is InChI=1S/C15H20N4/c16-11-14-12-7-3-4-8-13(12)17-15(18-14)19-9-5-1-2-6-10-19/h1-10H2. The molecule has 0 spiro atoms. The van der Waals surface area contributed by atoms with Crippen LogP contribution in [0.5, 0.6) is 0 Å². The van der Waals surface area contributed by atoms with Crippen LogP contribution in [0.4, 0.5) is 5.95 Å². The first kappa shape index (κ1) is 12.4. The minimum Gasteiger partial charge on any atom is -0.341 e. The van der Waals surface area contributed by atoms with Gasteiger partial charge in [0.15, 0.2) is 0 Å². The summed E-state index contributed by atoms with van der Waals surface area (Å²) in [5.74, 6) is 0.791. The topological polar surface area (TPSA) is 52.8 Å². The molecular weight excluding hydrogens is 236 g/mol. The van der Waals surface area contributed by atoms with Gasteiger partial charge in [-0.25, -0.2) is 9.97 Å². The third kappa shape index (κ3) is 2.56. The van der Waals surface area contributed by atoms with Gasteiger partial charge in [-0.2, -0.15) is 5.26 Å². The molecule has 4 heteroatoms. The Labute approximate surface area is 114 Å². The number of rotatable bonds is 1. The summed E-state index contributed by atoms with van der Waals surface area (Å²) in [6.07, 6.45) is 9.35. The molecule has 2 heterocycles. The van der Waals surface area contributed by atoms with Crippen molar-refractivity contribution in [3.05, 3.63) is 17.0 Å². The van der Waals surface area contributed by atoms with Crippen molar-refractivity contribution >= 4 is 5.95 Å². The van der Waals surface area contributed by atoms with Crippen LogP contribution in [0.25, 0.3) is 0 Å². The SMILES string of the molecule is N#Cc1nc(N2CCCCCC2)nc2c1CCCC2. The van der Waals surface area contributed by atoms with Gasteiger partial charge in [-0.15, -0.1) is 0 Å². The second-order valence-corrected chi connectivity index (χ2v) is 5.52. The zero-order valence-electron chi connectivity index (χ0n) is 11.4. The van der Waals surface area contributed by atoms with Gasteiger partial charge in [-0.1, -0.05) is 12.8 Å². The lowest BCUT2D eigenvalue weighted by Gasteiger charge is -2.23. The minimum atomic E-state index is 0.615. The van der Waals surface area contributed by atoms with Crippen LogP contribution in [-0.4, -0.2) is 23.1 Å². The number of anilines is 1. The maximum Gasteiger partial charge on any atom is 0.226 e. The Bertz CT molecular complexity index is 496. The fraction of sp³-hybridized carbons (Fsp3) is 0.667. The maximum absolute atomic E-state index is 9.31. The van der Waals surface area contributed by atoms with Gasteiger partial charge in [0.05, 0.1) is 5.69 Å². The summed E-state index contributed by atoms with van der Waals surface area (Å²) in [5.41, 5.74) is 2.84.